The van der Waals surface area contributed by atoms with Crippen LogP contribution in [0.3, 0.4) is 0 Å². The van der Waals surface area contributed by atoms with Gasteiger partial charge in [-0.2, -0.15) is 0 Å². The van der Waals surface area contributed by atoms with Crippen LogP contribution in [0, 0.1) is 0 Å². The summed E-state index contributed by atoms with van der Waals surface area (Å²) in [4.78, 5) is 0. The molecule has 0 heterocycles. The molecule has 0 aliphatic rings. The quantitative estimate of drug-likeness (QED) is 0.223. The molecule has 0 radical (unpaired) electrons. The average molecular weight is 682 g/mol. The summed E-state index contributed by atoms with van der Waals surface area (Å²) in [5.41, 5.74) is 0. The Morgan fingerprint density at radius 1 is 0.118 bits per heavy atom. The van der Waals surface area contributed by atoms with Crippen molar-refractivity contribution in [3.63, 3.8) is 0 Å². The van der Waals surface area contributed by atoms with Crippen molar-refractivity contribution in [1.82, 2.24) is 0 Å². The summed E-state index contributed by atoms with van der Waals surface area (Å²) in [5, 5.41) is 0. The monoisotopic (exact) mass is 680 g/mol. The van der Waals surface area contributed by atoms with Gasteiger partial charge in [0.25, 0.3) is 0 Å². The van der Waals surface area contributed by atoms with Gasteiger partial charge in [-0.25, -0.2) is 0 Å². The summed E-state index contributed by atoms with van der Waals surface area (Å²) in [6, 6.07) is 0. The molecule has 0 bridgehead atoms. The van der Waals surface area contributed by atoms with E-state index in [1.54, 1.807) is 0 Å². The third-order valence-electron chi connectivity index (χ3n) is 0. The summed E-state index contributed by atoms with van der Waals surface area (Å²) in [6.07, 6.45) is 0. The zero-order valence-corrected chi connectivity index (χ0v) is 70.1. The van der Waals surface area contributed by atoms with Gasteiger partial charge in [-0.1, -0.05) is 0 Å². The first-order chi connectivity index (χ1) is 0. The van der Waals surface area contributed by atoms with E-state index in [0.29, 0.717) is 0 Å². The van der Waals surface area contributed by atoms with Gasteiger partial charge in [-0.15, -0.1) is 0 Å². The first kappa shape index (κ1) is 111. The van der Waals surface area contributed by atoms with Crippen LogP contribution in [0.5, 0.6) is 0 Å². The van der Waals surface area contributed by atoms with Gasteiger partial charge >= 0.3 is 874 Å². The summed E-state index contributed by atoms with van der Waals surface area (Å²) >= 11 is 0. The van der Waals surface area contributed by atoms with Crippen LogP contribution in [-0.2, 0) is 0 Å². The third kappa shape index (κ3) is 99.0. The minimum Gasteiger partial charge on any atom is -1.00 e. The molecule has 0 aromatic heterocycles. The van der Waals surface area contributed by atoms with E-state index >= 15 is 0 Å². The zero-order chi connectivity index (χ0) is 0. The van der Waals surface area contributed by atoms with Gasteiger partial charge in [-0.3, -0.25) is 0 Å². The largest absolute Gasteiger partial charge is 1.00 e. The van der Waals surface area contributed by atoms with Crippen molar-refractivity contribution < 1.29 is 898 Å². The predicted molar refractivity (Wildman–Crippen MR) is 18.9 cm³/mol. The Hall–Kier alpha value is 27.8. The van der Waals surface area contributed by atoms with Crippen LogP contribution in [0.1, 0.15) is 24.3 Å². The molecule has 17 heavy (non-hydrogen) atoms. The fraction of sp³-hybridized carbons (Fsp3) is 0. The Labute approximate surface area is 858 Å². The molecule has 0 aliphatic heterocycles. The molecular formula is H17K17. The minimum atomic E-state index is 0. The average Bonchev–Trinajstić information content (AvgIpc) is 0. The van der Waals surface area contributed by atoms with Crippen molar-refractivity contribution in [3.8, 4) is 0 Å². The zero-order valence-electron chi connectivity index (χ0n) is 34.0. The van der Waals surface area contributed by atoms with Crippen LogP contribution < -0.4 is 874 Å². The van der Waals surface area contributed by atoms with E-state index < -0.39 is 0 Å². The fourth-order valence-corrected chi connectivity index (χ4v) is 0. The Bertz CT molecular complexity index is 34.0. The van der Waals surface area contributed by atoms with Crippen LogP contribution in [0.4, 0.5) is 0 Å². The first-order valence-electron chi connectivity index (χ1n) is 0. The van der Waals surface area contributed by atoms with Crippen LogP contribution in [0.25, 0.3) is 0 Å². The SMILES string of the molecule is [H-].[H-].[H-].[H-].[H-].[H-].[H-].[H-].[H-].[H-].[H-].[H-].[H-].[H-].[H-].[H-].[H-].[K+].[K+].[K+].[K+].[K+].[K+].[K+].[K+].[K+].[K+].[K+].[K+].[K+].[K+].[K+].[K+].[K+]. The van der Waals surface area contributed by atoms with Crippen molar-refractivity contribution >= 4 is 0 Å². The Kier molecular flexibility index (Phi) is 679. The van der Waals surface area contributed by atoms with Gasteiger partial charge in [0.15, 0.2) is 0 Å². The summed E-state index contributed by atoms with van der Waals surface area (Å²) in [7, 11) is 0. The number of hydrogen-bond donors (Lipinski definition) is 0. The molecule has 0 atom stereocenters. The molecule has 0 amide bonds. The molecule has 17 heteroatoms. The molecule has 0 aromatic rings. The van der Waals surface area contributed by atoms with Crippen molar-refractivity contribution in [2.75, 3.05) is 0 Å². The summed E-state index contributed by atoms with van der Waals surface area (Å²) in [6.45, 7) is 0. The van der Waals surface area contributed by atoms with Gasteiger partial charge < -0.3 is 24.3 Å². The van der Waals surface area contributed by atoms with Gasteiger partial charge in [0.1, 0.15) is 0 Å². The molecule has 0 aromatic carbocycles. The maximum absolute atomic E-state index is 0. The van der Waals surface area contributed by atoms with E-state index in [9.17, 15) is 0 Å². The standard InChI is InChI=1S/17K.17H/q17*+1;17*-1. The Balaban J connectivity index is 0. The van der Waals surface area contributed by atoms with Crippen LogP contribution in [0.15, 0.2) is 0 Å². The molecule has 0 aliphatic carbocycles. The van der Waals surface area contributed by atoms with Crippen molar-refractivity contribution in [1.29, 1.82) is 0 Å². The summed E-state index contributed by atoms with van der Waals surface area (Å²) in [5.74, 6) is 0. The van der Waals surface area contributed by atoms with Crippen molar-refractivity contribution in [2.24, 2.45) is 0 Å². The van der Waals surface area contributed by atoms with Crippen LogP contribution in [0.2, 0.25) is 0 Å². The second-order valence-electron chi connectivity index (χ2n) is 0. The van der Waals surface area contributed by atoms with E-state index in [2.05, 4.69) is 0 Å². The minimum absolute atomic E-state index is 0. The molecule has 0 rings (SSSR count). The molecular weight excluding hydrogens is 665 g/mol. The molecule has 0 spiro atoms. The van der Waals surface area contributed by atoms with Gasteiger partial charge in [0.2, 0.25) is 0 Å². The Morgan fingerprint density at radius 2 is 0.118 bits per heavy atom. The van der Waals surface area contributed by atoms with Crippen LogP contribution in [-0.4, -0.2) is 0 Å². The van der Waals surface area contributed by atoms with Crippen molar-refractivity contribution in [2.45, 2.75) is 0 Å². The maximum atomic E-state index is 0. The van der Waals surface area contributed by atoms with E-state index in [1.807, 2.05) is 0 Å². The number of hydrogen-bond acceptors (Lipinski definition) is 0. The molecule has 0 unspecified atom stereocenters. The molecule has 0 fully saturated rings. The molecule has 0 saturated heterocycles. The maximum Gasteiger partial charge on any atom is 1.00 e. The normalized spacial score (nSPS) is 0. The molecule has 0 saturated carbocycles. The Morgan fingerprint density at radius 3 is 0.118 bits per heavy atom. The second kappa shape index (κ2) is 104. The second-order valence-corrected chi connectivity index (χ2v) is 0. The number of rotatable bonds is 0. The first-order valence-corrected chi connectivity index (χ1v) is 0. The van der Waals surface area contributed by atoms with Gasteiger partial charge in [0, 0.05) is 0 Å². The van der Waals surface area contributed by atoms with E-state index in [1.165, 1.54) is 0 Å². The summed E-state index contributed by atoms with van der Waals surface area (Å²) < 4.78 is 0. The van der Waals surface area contributed by atoms with E-state index in [-0.39, 0.29) is 898 Å². The topological polar surface area (TPSA) is 0 Å². The molecule has 0 nitrogen and oxygen atoms in total. The third-order valence-corrected chi connectivity index (χ3v) is 0. The smallest absolute Gasteiger partial charge is 1.00 e. The van der Waals surface area contributed by atoms with Crippen molar-refractivity contribution in [3.05, 3.63) is 0 Å². The van der Waals surface area contributed by atoms with E-state index in [0.717, 1.165) is 0 Å². The predicted octanol–water partition coefficient (Wildman–Crippen LogP) is -49.0. The molecule has 34 valence electrons. The van der Waals surface area contributed by atoms with Crippen LogP contribution >= 0.6 is 0 Å². The van der Waals surface area contributed by atoms with Gasteiger partial charge in [0.05, 0.1) is 0 Å². The van der Waals surface area contributed by atoms with Gasteiger partial charge in [-0.05, 0) is 0 Å². The molecule has 0 N–H and O–H groups in total. The fourth-order valence-electron chi connectivity index (χ4n) is 0. The van der Waals surface area contributed by atoms with E-state index in [4.69, 9.17) is 0 Å².